The molecule has 260 valence electrons. The Bertz CT molecular complexity index is 2880. The molecule has 11 rings (SSSR count). The van der Waals surface area contributed by atoms with E-state index >= 15 is 0 Å². The number of hydrogen-bond acceptors (Lipinski definition) is 8. The fourth-order valence-corrected chi connectivity index (χ4v) is 7.68. The molecule has 0 spiro atoms. The normalized spacial score (nSPS) is 15.8. The Kier molecular flexibility index (Phi) is 7.13. The van der Waals surface area contributed by atoms with Crippen molar-refractivity contribution >= 4 is 33.6 Å². The second-order valence-corrected chi connectivity index (χ2v) is 13.7. The molecule has 55 heavy (non-hydrogen) atoms. The summed E-state index contributed by atoms with van der Waals surface area (Å²) >= 11 is 0. The average molecular weight is 711 g/mol. The van der Waals surface area contributed by atoms with E-state index in [1.807, 2.05) is 109 Å². The summed E-state index contributed by atoms with van der Waals surface area (Å²) < 4.78 is 12.6. The van der Waals surface area contributed by atoms with Crippen LogP contribution in [0.3, 0.4) is 0 Å². The number of aromatic nitrogens is 5. The lowest BCUT2D eigenvalue weighted by Crippen LogP contribution is -2.28. The topological polar surface area (TPSA) is 94.0 Å². The fourth-order valence-electron chi connectivity index (χ4n) is 7.68. The number of nitrogens with zero attached hydrogens (tertiary/aromatic N) is 6. The number of allylic oxidation sites excluding steroid dienone is 2. The Morgan fingerprint density at radius 3 is 1.78 bits per heavy atom. The van der Waals surface area contributed by atoms with Crippen LogP contribution in [-0.2, 0) is 0 Å². The third kappa shape index (κ3) is 5.42. The molecule has 8 nitrogen and oxygen atoms in total. The lowest BCUT2D eigenvalue weighted by atomic mass is 9.90. The highest BCUT2D eigenvalue weighted by Gasteiger charge is 2.38. The van der Waals surface area contributed by atoms with Gasteiger partial charge in [0.05, 0.1) is 6.04 Å². The summed E-state index contributed by atoms with van der Waals surface area (Å²) in [7, 11) is 0. The van der Waals surface area contributed by atoms with Crippen LogP contribution in [0.15, 0.2) is 179 Å². The lowest BCUT2D eigenvalue weighted by Gasteiger charge is -2.28. The second kappa shape index (κ2) is 12.6. The van der Waals surface area contributed by atoms with Gasteiger partial charge in [-0.25, -0.2) is 24.9 Å². The maximum absolute atomic E-state index is 6.49. The summed E-state index contributed by atoms with van der Waals surface area (Å²) in [6.07, 6.45) is 8.80. The van der Waals surface area contributed by atoms with Crippen molar-refractivity contribution in [2.45, 2.75) is 12.0 Å². The highest BCUT2D eigenvalue weighted by atomic mass is 16.4. The summed E-state index contributed by atoms with van der Waals surface area (Å²) in [4.78, 5) is 26.7. The third-order valence-electron chi connectivity index (χ3n) is 10.3. The number of benzene rings is 6. The Hall–Kier alpha value is -7.45. The first-order valence-corrected chi connectivity index (χ1v) is 18.2. The van der Waals surface area contributed by atoms with Crippen molar-refractivity contribution in [1.82, 2.24) is 24.9 Å². The zero-order chi connectivity index (χ0) is 36.3. The summed E-state index contributed by atoms with van der Waals surface area (Å²) in [6.45, 7) is 0. The van der Waals surface area contributed by atoms with E-state index in [1.165, 1.54) is 5.56 Å². The van der Waals surface area contributed by atoms with Gasteiger partial charge in [0.1, 0.15) is 11.0 Å². The molecule has 0 saturated carbocycles. The van der Waals surface area contributed by atoms with Crippen LogP contribution < -0.4 is 4.90 Å². The summed E-state index contributed by atoms with van der Waals surface area (Å²) in [6, 6.07) is 48.7. The number of fused-ring (bicyclic) bond motifs is 5. The van der Waals surface area contributed by atoms with E-state index in [-0.39, 0.29) is 12.0 Å². The molecule has 2 unspecified atom stereocenters. The van der Waals surface area contributed by atoms with E-state index < -0.39 is 0 Å². The van der Waals surface area contributed by atoms with Crippen LogP contribution in [0, 0.1) is 0 Å². The van der Waals surface area contributed by atoms with Gasteiger partial charge in [-0.2, -0.15) is 0 Å². The van der Waals surface area contributed by atoms with Crippen molar-refractivity contribution in [2.75, 3.05) is 4.90 Å². The van der Waals surface area contributed by atoms with Crippen LogP contribution in [0.5, 0.6) is 0 Å². The Balaban J connectivity index is 0.950. The van der Waals surface area contributed by atoms with E-state index in [4.69, 9.17) is 33.8 Å². The van der Waals surface area contributed by atoms with E-state index in [0.29, 0.717) is 34.8 Å². The Morgan fingerprint density at radius 1 is 0.436 bits per heavy atom. The number of hydrogen-bond donors (Lipinski definition) is 0. The Morgan fingerprint density at radius 2 is 1.04 bits per heavy atom. The first-order valence-electron chi connectivity index (χ1n) is 18.2. The lowest BCUT2D eigenvalue weighted by molar-refractivity contribution is 0.619. The van der Waals surface area contributed by atoms with Gasteiger partial charge in [0.2, 0.25) is 11.8 Å². The molecule has 0 N–H and O–H groups in total. The summed E-state index contributed by atoms with van der Waals surface area (Å²) in [5, 5.41) is 0. The first-order chi connectivity index (χ1) is 27.2. The van der Waals surface area contributed by atoms with Crippen molar-refractivity contribution in [3.05, 3.63) is 175 Å². The Labute approximate surface area is 315 Å². The van der Waals surface area contributed by atoms with Crippen LogP contribution >= 0.6 is 0 Å². The minimum Gasteiger partial charge on any atom is -0.436 e. The first kappa shape index (κ1) is 31.1. The molecule has 0 radical (unpaired) electrons. The molecule has 3 aromatic heterocycles. The molecule has 2 atom stereocenters. The van der Waals surface area contributed by atoms with E-state index in [2.05, 4.69) is 65.6 Å². The minimum atomic E-state index is 0.113. The molecular weight excluding hydrogens is 681 g/mol. The predicted molar refractivity (Wildman–Crippen MR) is 216 cm³/mol. The van der Waals surface area contributed by atoms with Crippen molar-refractivity contribution in [2.24, 2.45) is 0 Å². The molecule has 8 heteroatoms. The number of para-hydroxylation sites is 2. The maximum atomic E-state index is 6.49. The third-order valence-corrected chi connectivity index (χ3v) is 10.3. The van der Waals surface area contributed by atoms with Crippen molar-refractivity contribution in [3.63, 3.8) is 0 Å². The molecule has 1 aliphatic carbocycles. The zero-order valence-corrected chi connectivity index (χ0v) is 29.3. The number of oxazole rings is 2. The summed E-state index contributed by atoms with van der Waals surface area (Å²) in [5.41, 5.74) is 11.0. The molecule has 0 bridgehead atoms. The molecule has 0 saturated heterocycles. The van der Waals surface area contributed by atoms with Crippen LogP contribution in [0.2, 0.25) is 0 Å². The number of anilines is 2. The fraction of sp³-hybridized carbons (Fsp3) is 0.0426. The van der Waals surface area contributed by atoms with Gasteiger partial charge in [0.15, 0.2) is 28.6 Å². The molecule has 9 aromatic rings. The van der Waals surface area contributed by atoms with Gasteiger partial charge in [-0.15, -0.1) is 0 Å². The highest BCUT2D eigenvalue weighted by Crippen LogP contribution is 2.49. The van der Waals surface area contributed by atoms with Crippen molar-refractivity contribution in [3.8, 4) is 57.1 Å². The van der Waals surface area contributed by atoms with Gasteiger partial charge in [-0.1, -0.05) is 103 Å². The van der Waals surface area contributed by atoms with Gasteiger partial charge in [0, 0.05) is 45.1 Å². The van der Waals surface area contributed by atoms with Gasteiger partial charge in [-0.05, 0) is 72.3 Å². The smallest absolute Gasteiger partial charge is 0.227 e. The molecule has 4 heterocycles. The molecule has 0 amide bonds. The van der Waals surface area contributed by atoms with E-state index in [9.17, 15) is 0 Å². The SMILES string of the molecule is C1=CC2c3cc(-c4nc5ccccc5o4)ccc3N(c3cccc(-c4nc5ccc(-c6nc(-c7ccccc7)nc(-c7ccccc7)n6)cc5o4)c3)C2C=C1. The predicted octanol–water partition coefficient (Wildman–Crippen LogP) is 11.2. The monoisotopic (exact) mass is 710 g/mol. The van der Waals surface area contributed by atoms with Gasteiger partial charge in [0.25, 0.3) is 0 Å². The maximum Gasteiger partial charge on any atom is 0.227 e. The standard InChI is InChI=1S/C47H30N6O2/c1-3-12-29(13-4-1)43-50-44(30-14-5-2-6-15-30)52-45(51-43)31-22-24-38-42(28-31)55-46(49-38)32-16-11-17-34(26-32)53-39-20-9-7-18-35(39)36-27-33(23-25-40(36)53)47-48-37-19-8-10-21-41(37)54-47/h1-28,35,39H. The summed E-state index contributed by atoms with van der Waals surface area (Å²) in [5.74, 6) is 3.12. The van der Waals surface area contributed by atoms with Crippen molar-refractivity contribution in [1.29, 1.82) is 0 Å². The number of rotatable bonds is 6. The zero-order valence-electron chi connectivity index (χ0n) is 29.3. The minimum absolute atomic E-state index is 0.113. The largest absolute Gasteiger partial charge is 0.436 e. The van der Waals surface area contributed by atoms with Crippen LogP contribution in [-0.4, -0.2) is 31.0 Å². The van der Waals surface area contributed by atoms with Gasteiger partial charge >= 0.3 is 0 Å². The molecule has 6 aromatic carbocycles. The molecule has 2 aliphatic rings. The van der Waals surface area contributed by atoms with Crippen LogP contribution in [0.4, 0.5) is 11.4 Å². The quantitative estimate of drug-likeness (QED) is 0.168. The van der Waals surface area contributed by atoms with Crippen molar-refractivity contribution < 1.29 is 8.83 Å². The highest BCUT2D eigenvalue weighted by molar-refractivity contribution is 5.84. The van der Waals surface area contributed by atoms with Crippen LogP contribution in [0.1, 0.15) is 11.5 Å². The van der Waals surface area contributed by atoms with Crippen LogP contribution in [0.25, 0.3) is 79.3 Å². The van der Waals surface area contributed by atoms with E-state index in [1.54, 1.807) is 0 Å². The average Bonchev–Trinajstić information content (AvgIpc) is 3.98. The van der Waals surface area contributed by atoms with E-state index in [0.717, 1.165) is 55.8 Å². The van der Waals surface area contributed by atoms with Gasteiger partial charge < -0.3 is 13.7 Å². The molecular formula is C47H30N6O2. The molecule has 1 aliphatic heterocycles. The molecule has 0 fully saturated rings. The second-order valence-electron chi connectivity index (χ2n) is 13.7. The van der Waals surface area contributed by atoms with Gasteiger partial charge in [-0.3, -0.25) is 0 Å².